The number of piperidine rings is 1. The van der Waals surface area contributed by atoms with Crippen LogP contribution in [0.3, 0.4) is 0 Å². The van der Waals surface area contributed by atoms with Gasteiger partial charge in [-0.2, -0.15) is 5.26 Å². The van der Waals surface area contributed by atoms with E-state index in [1.807, 2.05) is 0 Å². The van der Waals surface area contributed by atoms with Crippen LogP contribution >= 0.6 is 0 Å². The number of hydrogen-bond acceptors (Lipinski definition) is 2. The highest BCUT2D eigenvalue weighted by atomic mass is 15.1. The molecule has 1 fully saturated rings. The number of benzene rings is 1. The second-order valence-corrected chi connectivity index (χ2v) is 4.63. The Morgan fingerprint density at radius 1 is 1.44 bits per heavy atom. The number of aryl methyl sites for hydroxylation is 1. The summed E-state index contributed by atoms with van der Waals surface area (Å²) in [6, 6.07) is 10.9. The molecule has 16 heavy (non-hydrogen) atoms. The molecule has 1 atom stereocenters. The van der Waals surface area contributed by atoms with Crippen LogP contribution in [0.1, 0.15) is 24.0 Å². The van der Waals surface area contributed by atoms with Crippen molar-refractivity contribution < 1.29 is 0 Å². The maximum Gasteiger partial charge on any atom is 0.0669 e. The Hall–Kier alpha value is -1.33. The normalized spacial score (nSPS) is 21.6. The van der Waals surface area contributed by atoms with Crippen molar-refractivity contribution in [1.29, 1.82) is 5.26 Å². The molecule has 1 aromatic carbocycles. The highest BCUT2D eigenvalue weighted by Crippen LogP contribution is 2.18. The van der Waals surface area contributed by atoms with E-state index in [-0.39, 0.29) is 5.92 Å². The molecule has 0 spiro atoms. The van der Waals surface area contributed by atoms with Gasteiger partial charge in [0.1, 0.15) is 0 Å². The maximum atomic E-state index is 8.95. The van der Waals surface area contributed by atoms with Gasteiger partial charge in [-0.3, -0.25) is 4.90 Å². The zero-order valence-corrected chi connectivity index (χ0v) is 9.82. The molecule has 0 bridgehead atoms. The minimum Gasteiger partial charge on any atom is -0.298 e. The molecule has 1 saturated heterocycles. The number of rotatable bonds is 2. The first kappa shape index (κ1) is 11.2. The van der Waals surface area contributed by atoms with E-state index in [2.05, 4.69) is 42.2 Å². The van der Waals surface area contributed by atoms with Crippen LogP contribution in [0.5, 0.6) is 0 Å². The molecule has 0 aromatic heterocycles. The topological polar surface area (TPSA) is 27.0 Å². The quantitative estimate of drug-likeness (QED) is 0.757. The molecule has 2 nitrogen and oxygen atoms in total. The van der Waals surface area contributed by atoms with Gasteiger partial charge in [0.25, 0.3) is 0 Å². The third-order valence-electron chi connectivity index (χ3n) is 3.34. The standard InChI is InChI=1S/C14H18N2/c1-12-5-2-3-7-14(12)11-16-8-4-6-13(9-15)10-16/h2-3,5,7,13H,4,6,8,10-11H2,1H3. The summed E-state index contributed by atoms with van der Waals surface area (Å²) in [4.78, 5) is 2.40. The predicted octanol–water partition coefficient (Wildman–Crippen LogP) is 2.73. The van der Waals surface area contributed by atoms with Crippen molar-refractivity contribution >= 4 is 0 Å². The molecule has 0 aliphatic carbocycles. The van der Waals surface area contributed by atoms with E-state index in [1.165, 1.54) is 11.1 Å². The van der Waals surface area contributed by atoms with E-state index >= 15 is 0 Å². The van der Waals surface area contributed by atoms with Gasteiger partial charge >= 0.3 is 0 Å². The zero-order valence-electron chi connectivity index (χ0n) is 9.82. The molecule has 0 amide bonds. The molecule has 1 aromatic rings. The summed E-state index contributed by atoms with van der Waals surface area (Å²) in [5.74, 6) is 0.234. The van der Waals surface area contributed by atoms with E-state index in [0.29, 0.717) is 0 Å². The summed E-state index contributed by atoms with van der Waals surface area (Å²) >= 11 is 0. The molecular weight excluding hydrogens is 196 g/mol. The van der Waals surface area contributed by atoms with Gasteiger partial charge in [-0.15, -0.1) is 0 Å². The van der Waals surface area contributed by atoms with Crippen molar-refractivity contribution in [2.45, 2.75) is 26.3 Å². The van der Waals surface area contributed by atoms with E-state index in [1.54, 1.807) is 0 Å². The van der Waals surface area contributed by atoms with E-state index in [0.717, 1.165) is 32.5 Å². The summed E-state index contributed by atoms with van der Waals surface area (Å²) in [5, 5.41) is 8.95. The predicted molar refractivity (Wildman–Crippen MR) is 64.8 cm³/mol. The van der Waals surface area contributed by atoms with Gasteiger partial charge < -0.3 is 0 Å². The molecule has 0 N–H and O–H groups in total. The Morgan fingerprint density at radius 2 is 2.25 bits per heavy atom. The van der Waals surface area contributed by atoms with Crippen LogP contribution in [0.25, 0.3) is 0 Å². The lowest BCUT2D eigenvalue weighted by Crippen LogP contribution is -2.34. The fourth-order valence-electron chi connectivity index (χ4n) is 2.33. The second-order valence-electron chi connectivity index (χ2n) is 4.63. The molecule has 0 saturated carbocycles. The Bertz CT molecular complexity index is 392. The monoisotopic (exact) mass is 214 g/mol. The SMILES string of the molecule is Cc1ccccc1CN1CCCC(C#N)C1. The summed E-state index contributed by atoms with van der Waals surface area (Å²) in [7, 11) is 0. The van der Waals surface area contributed by atoms with Gasteiger partial charge in [-0.1, -0.05) is 24.3 Å². The average molecular weight is 214 g/mol. The lowest BCUT2D eigenvalue weighted by Gasteiger charge is -2.29. The van der Waals surface area contributed by atoms with Gasteiger partial charge in [-0.05, 0) is 37.4 Å². The fraction of sp³-hybridized carbons (Fsp3) is 0.500. The first-order valence-corrected chi connectivity index (χ1v) is 5.96. The summed E-state index contributed by atoms with van der Waals surface area (Å²) in [6.07, 6.45) is 2.23. The van der Waals surface area contributed by atoms with Crippen LogP contribution in [0.15, 0.2) is 24.3 Å². The fourth-order valence-corrected chi connectivity index (χ4v) is 2.33. The molecule has 2 heteroatoms. The Morgan fingerprint density at radius 3 is 3.00 bits per heavy atom. The van der Waals surface area contributed by atoms with Gasteiger partial charge in [-0.25, -0.2) is 0 Å². The van der Waals surface area contributed by atoms with Crippen LogP contribution in [0.2, 0.25) is 0 Å². The summed E-state index contributed by atoms with van der Waals surface area (Å²) in [5.41, 5.74) is 2.74. The third-order valence-corrected chi connectivity index (χ3v) is 3.34. The Labute approximate surface area is 97.5 Å². The molecular formula is C14H18N2. The molecule has 1 heterocycles. The number of nitriles is 1. The smallest absolute Gasteiger partial charge is 0.0669 e. The second kappa shape index (κ2) is 5.14. The average Bonchev–Trinajstić information content (AvgIpc) is 2.32. The van der Waals surface area contributed by atoms with E-state index < -0.39 is 0 Å². The molecule has 0 radical (unpaired) electrons. The lowest BCUT2D eigenvalue weighted by molar-refractivity contribution is 0.192. The van der Waals surface area contributed by atoms with Crippen molar-refractivity contribution in [3.05, 3.63) is 35.4 Å². The van der Waals surface area contributed by atoms with Crippen LogP contribution in [0.4, 0.5) is 0 Å². The van der Waals surface area contributed by atoms with Crippen LogP contribution < -0.4 is 0 Å². The highest BCUT2D eigenvalue weighted by molar-refractivity contribution is 5.25. The summed E-state index contributed by atoms with van der Waals surface area (Å²) in [6.45, 7) is 5.21. The first-order valence-electron chi connectivity index (χ1n) is 5.96. The Kier molecular flexibility index (Phi) is 3.58. The van der Waals surface area contributed by atoms with Gasteiger partial charge in [0.2, 0.25) is 0 Å². The number of nitrogens with zero attached hydrogens (tertiary/aromatic N) is 2. The van der Waals surface area contributed by atoms with Crippen molar-refractivity contribution in [2.75, 3.05) is 13.1 Å². The van der Waals surface area contributed by atoms with Crippen molar-refractivity contribution in [3.8, 4) is 6.07 Å². The van der Waals surface area contributed by atoms with Crippen molar-refractivity contribution in [3.63, 3.8) is 0 Å². The first-order chi connectivity index (χ1) is 7.79. The van der Waals surface area contributed by atoms with Crippen molar-refractivity contribution in [2.24, 2.45) is 5.92 Å². The molecule has 2 rings (SSSR count). The highest BCUT2D eigenvalue weighted by Gasteiger charge is 2.19. The van der Waals surface area contributed by atoms with Crippen molar-refractivity contribution in [1.82, 2.24) is 4.90 Å². The van der Waals surface area contributed by atoms with Gasteiger partial charge in [0.05, 0.1) is 12.0 Å². The van der Waals surface area contributed by atoms with E-state index in [4.69, 9.17) is 5.26 Å². The molecule has 1 aliphatic heterocycles. The zero-order chi connectivity index (χ0) is 11.4. The third kappa shape index (κ3) is 2.62. The van der Waals surface area contributed by atoms with Gasteiger partial charge in [0, 0.05) is 13.1 Å². The Balaban J connectivity index is 2.00. The number of hydrogen-bond donors (Lipinski definition) is 0. The lowest BCUT2D eigenvalue weighted by atomic mass is 9.98. The maximum absolute atomic E-state index is 8.95. The van der Waals surface area contributed by atoms with E-state index in [9.17, 15) is 0 Å². The van der Waals surface area contributed by atoms with Crippen LogP contribution in [-0.4, -0.2) is 18.0 Å². The molecule has 1 unspecified atom stereocenters. The molecule has 1 aliphatic rings. The van der Waals surface area contributed by atoms with Gasteiger partial charge in [0.15, 0.2) is 0 Å². The minimum atomic E-state index is 0.234. The van der Waals surface area contributed by atoms with Crippen LogP contribution in [-0.2, 0) is 6.54 Å². The molecule has 84 valence electrons. The van der Waals surface area contributed by atoms with Crippen LogP contribution in [0, 0.1) is 24.2 Å². The largest absolute Gasteiger partial charge is 0.298 e. The minimum absolute atomic E-state index is 0.234. The number of likely N-dealkylation sites (tertiary alicyclic amines) is 1. The summed E-state index contributed by atoms with van der Waals surface area (Å²) < 4.78 is 0.